The van der Waals surface area contributed by atoms with Crippen molar-refractivity contribution in [3.8, 4) is 0 Å². The molecule has 1 unspecified atom stereocenters. The molecule has 0 fully saturated rings. The second-order valence-electron chi connectivity index (χ2n) is 4.11. The first kappa shape index (κ1) is 15.1. The molecule has 0 rings (SSSR count). The van der Waals surface area contributed by atoms with Crippen LogP contribution in [0.2, 0.25) is 0 Å². The number of rotatable bonds is 9. The van der Waals surface area contributed by atoms with Crippen molar-refractivity contribution >= 4 is 11.7 Å². The number of carbonyl (C=O) groups is 2. The van der Waals surface area contributed by atoms with Gasteiger partial charge in [0.25, 0.3) is 0 Å². The number of nitrogens with one attached hydrogen (secondary N) is 2. The Labute approximate surface area is 98.2 Å². The molecule has 0 aliphatic rings. The summed E-state index contributed by atoms with van der Waals surface area (Å²) >= 11 is 0. The summed E-state index contributed by atoms with van der Waals surface area (Å²) in [7, 11) is 1.78. The van der Waals surface area contributed by atoms with Crippen LogP contribution in [0.15, 0.2) is 0 Å². The largest absolute Gasteiger partial charge is 0.348 e. The molecule has 4 nitrogen and oxygen atoms in total. The number of amides is 1. The van der Waals surface area contributed by atoms with E-state index in [1.54, 1.807) is 7.05 Å². The van der Waals surface area contributed by atoms with Gasteiger partial charge in [0.05, 0.1) is 12.6 Å². The van der Waals surface area contributed by atoms with Gasteiger partial charge in [0.2, 0.25) is 5.91 Å². The summed E-state index contributed by atoms with van der Waals surface area (Å²) in [6, 6.07) is -0.170. The first-order chi connectivity index (χ1) is 7.61. The fraction of sp³-hybridized carbons (Fsp3) is 0.833. The summed E-state index contributed by atoms with van der Waals surface area (Å²) in [4.78, 5) is 22.3. The van der Waals surface area contributed by atoms with E-state index in [1.165, 1.54) is 19.8 Å². The van der Waals surface area contributed by atoms with E-state index < -0.39 is 0 Å². The molecule has 2 N–H and O–H groups in total. The lowest BCUT2D eigenvalue weighted by molar-refractivity contribution is -0.126. The highest BCUT2D eigenvalue weighted by Gasteiger charge is 2.15. The van der Waals surface area contributed by atoms with Crippen molar-refractivity contribution in [1.82, 2.24) is 10.6 Å². The predicted octanol–water partition coefficient (Wildman–Crippen LogP) is 1.25. The highest BCUT2D eigenvalue weighted by Crippen LogP contribution is 2.05. The highest BCUT2D eigenvalue weighted by molar-refractivity contribution is 5.87. The fourth-order valence-corrected chi connectivity index (χ4v) is 1.52. The SMILES string of the molecule is CCCCCCC(NC)C(=O)NCC(C)=O. The molecule has 0 bridgehead atoms. The van der Waals surface area contributed by atoms with E-state index in [0.717, 1.165) is 19.3 Å². The molecular formula is C12H24N2O2. The van der Waals surface area contributed by atoms with Crippen LogP contribution in [-0.4, -0.2) is 31.3 Å². The maximum atomic E-state index is 11.6. The third kappa shape index (κ3) is 7.40. The van der Waals surface area contributed by atoms with E-state index in [9.17, 15) is 9.59 Å². The number of likely N-dealkylation sites (N-methyl/N-ethyl adjacent to an activating group) is 1. The molecule has 0 saturated carbocycles. The maximum Gasteiger partial charge on any atom is 0.237 e. The van der Waals surface area contributed by atoms with Crippen molar-refractivity contribution < 1.29 is 9.59 Å². The van der Waals surface area contributed by atoms with Crippen molar-refractivity contribution in [1.29, 1.82) is 0 Å². The summed E-state index contributed by atoms with van der Waals surface area (Å²) in [5.41, 5.74) is 0. The van der Waals surface area contributed by atoms with Crippen molar-refractivity contribution in [2.24, 2.45) is 0 Å². The predicted molar refractivity (Wildman–Crippen MR) is 65.3 cm³/mol. The lowest BCUT2D eigenvalue weighted by atomic mass is 10.1. The zero-order chi connectivity index (χ0) is 12.4. The Balaban J connectivity index is 3.78. The van der Waals surface area contributed by atoms with Crippen LogP contribution in [0.1, 0.15) is 46.0 Å². The monoisotopic (exact) mass is 228 g/mol. The third-order valence-electron chi connectivity index (χ3n) is 2.52. The Hall–Kier alpha value is -0.900. The van der Waals surface area contributed by atoms with E-state index in [2.05, 4.69) is 17.6 Å². The van der Waals surface area contributed by atoms with Crippen LogP contribution in [-0.2, 0) is 9.59 Å². The highest BCUT2D eigenvalue weighted by atomic mass is 16.2. The van der Waals surface area contributed by atoms with E-state index in [4.69, 9.17) is 0 Å². The van der Waals surface area contributed by atoms with Crippen molar-refractivity contribution in [3.63, 3.8) is 0 Å². The molecule has 1 amide bonds. The molecule has 0 saturated heterocycles. The molecule has 0 spiro atoms. The number of unbranched alkanes of at least 4 members (excludes halogenated alkanes) is 3. The molecule has 0 radical (unpaired) electrons. The molecule has 0 aromatic heterocycles. The summed E-state index contributed by atoms with van der Waals surface area (Å²) in [5, 5.41) is 5.60. The van der Waals surface area contributed by atoms with Crippen molar-refractivity contribution in [3.05, 3.63) is 0 Å². The minimum absolute atomic E-state index is 0.0193. The van der Waals surface area contributed by atoms with Crippen LogP contribution in [0.25, 0.3) is 0 Å². The van der Waals surface area contributed by atoms with E-state index in [0.29, 0.717) is 0 Å². The molecular weight excluding hydrogens is 204 g/mol. The standard InChI is InChI=1S/C12H24N2O2/c1-4-5-6-7-8-11(13-3)12(16)14-9-10(2)15/h11,13H,4-9H2,1-3H3,(H,14,16). The number of ketones is 1. The summed E-state index contributed by atoms with van der Waals surface area (Å²) in [6.45, 7) is 3.76. The van der Waals surface area contributed by atoms with Crippen LogP contribution < -0.4 is 10.6 Å². The molecule has 0 aliphatic carbocycles. The minimum atomic E-state index is -0.170. The van der Waals surface area contributed by atoms with Gasteiger partial charge in [0, 0.05) is 0 Å². The quantitative estimate of drug-likeness (QED) is 0.584. The molecule has 0 aromatic carbocycles. The summed E-state index contributed by atoms with van der Waals surface area (Å²) in [6.07, 6.45) is 5.45. The average molecular weight is 228 g/mol. The molecule has 0 aliphatic heterocycles. The van der Waals surface area contributed by atoms with Gasteiger partial charge in [-0.15, -0.1) is 0 Å². The smallest absolute Gasteiger partial charge is 0.237 e. The first-order valence-corrected chi connectivity index (χ1v) is 6.06. The second kappa shape index (κ2) is 9.33. The molecule has 0 aromatic rings. The van der Waals surface area contributed by atoms with Crippen molar-refractivity contribution in [2.45, 2.75) is 52.0 Å². The Morgan fingerprint density at radius 3 is 2.38 bits per heavy atom. The Morgan fingerprint density at radius 2 is 1.88 bits per heavy atom. The second-order valence-corrected chi connectivity index (χ2v) is 4.11. The molecule has 1 atom stereocenters. The first-order valence-electron chi connectivity index (χ1n) is 6.06. The van der Waals surface area contributed by atoms with Gasteiger partial charge in [-0.25, -0.2) is 0 Å². The number of carbonyl (C=O) groups excluding carboxylic acids is 2. The van der Waals surface area contributed by atoms with Crippen LogP contribution in [0.4, 0.5) is 0 Å². The Kier molecular flexibility index (Phi) is 8.81. The van der Waals surface area contributed by atoms with Gasteiger partial charge in [0.1, 0.15) is 5.78 Å². The lowest BCUT2D eigenvalue weighted by Crippen LogP contribution is -2.43. The van der Waals surface area contributed by atoms with Gasteiger partial charge >= 0.3 is 0 Å². The van der Waals surface area contributed by atoms with Gasteiger partial charge in [-0.05, 0) is 20.4 Å². The van der Waals surface area contributed by atoms with E-state index in [1.807, 2.05) is 0 Å². The van der Waals surface area contributed by atoms with Gasteiger partial charge in [-0.2, -0.15) is 0 Å². The average Bonchev–Trinajstić information content (AvgIpc) is 2.26. The van der Waals surface area contributed by atoms with Gasteiger partial charge in [-0.1, -0.05) is 32.6 Å². The van der Waals surface area contributed by atoms with Gasteiger partial charge < -0.3 is 10.6 Å². The Morgan fingerprint density at radius 1 is 1.19 bits per heavy atom. The molecule has 16 heavy (non-hydrogen) atoms. The number of hydrogen-bond donors (Lipinski definition) is 2. The van der Waals surface area contributed by atoms with Gasteiger partial charge in [-0.3, -0.25) is 9.59 Å². The minimum Gasteiger partial charge on any atom is -0.348 e. The Bertz CT molecular complexity index is 217. The summed E-state index contributed by atoms with van der Waals surface area (Å²) < 4.78 is 0. The summed E-state index contributed by atoms with van der Waals surface area (Å²) in [5.74, 6) is -0.0941. The van der Waals surface area contributed by atoms with Gasteiger partial charge in [0.15, 0.2) is 0 Å². The topological polar surface area (TPSA) is 58.2 Å². The zero-order valence-electron chi connectivity index (χ0n) is 10.6. The third-order valence-corrected chi connectivity index (χ3v) is 2.52. The van der Waals surface area contributed by atoms with Crippen LogP contribution in [0.3, 0.4) is 0 Å². The van der Waals surface area contributed by atoms with E-state index in [-0.39, 0.29) is 24.3 Å². The molecule has 94 valence electrons. The van der Waals surface area contributed by atoms with Crippen LogP contribution >= 0.6 is 0 Å². The van der Waals surface area contributed by atoms with Crippen LogP contribution in [0.5, 0.6) is 0 Å². The van der Waals surface area contributed by atoms with E-state index >= 15 is 0 Å². The number of Topliss-reactive ketones (excluding diaryl/α,β-unsaturated/α-hetero) is 1. The normalized spacial score (nSPS) is 12.2. The molecule has 4 heteroatoms. The lowest BCUT2D eigenvalue weighted by Gasteiger charge is -2.15. The number of hydrogen-bond acceptors (Lipinski definition) is 3. The fourth-order valence-electron chi connectivity index (χ4n) is 1.52. The molecule has 0 heterocycles. The zero-order valence-corrected chi connectivity index (χ0v) is 10.6. The van der Waals surface area contributed by atoms with Crippen molar-refractivity contribution in [2.75, 3.05) is 13.6 Å². The van der Waals surface area contributed by atoms with Crippen LogP contribution in [0, 0.1) is 0 Å². The maximum absolute atomic E-state index is 11.6.